The molecular weight excluding hydrogens is 366 g/mol. The third kappa shape index (κ3) is 3.69. The topological polar surface area (TPSA) is 55.4 Å². The van der Waals surface area contributed by atoms with Crippen LogP contribution in [0, 0.1) is 11.8 Å². The molecule has 2 fully saturated rings. The summed E-state index contributed by atoms with van der Waals surface area (Å²) in [6.07, 6.45) is 2.70. The molecule has 2 aliphatic carbocycles. The Hall–Kier alpha value is -1.14. The van der Waals surface area contributed by atoms with Crippen LogP contribution in [0.5, 0.6) is 0 Å². The van der Waals surface area contributed by atoms with E-state index in [4.69, 9.17) is 5.73 Å². The van der Waals surface area contributed by atoms with E-state index >= 15 is 0 Å². The Bertz CT molecular complexity index is 630. The van der Waals surface area contributed by atoms with Crippen molar-refractivity contribution in [3.05, 3.63) is 34.3 Å². The number of benzene rings is 1. The van der Waals surface area contributed by atoms with Gasteiger partial charge < -0.3 is 5.73 Å². The first-order valence-electron chi connectivity index (χ1n) is 7.85. The van der Waals surface area contributed by atoms with Gasteiger partial charge in [-0.25, -0.2) is 13.8 Å². The third-order valence-corrected chi connectivity index (χ3v) is 5.36. The largest absolute Gasteiger partial charge is 0.327 e. The average molecular weight is 385 g/mol. The number of nitrogens with zero attached hydrogens (tertiary/aromatic N) is 1. The summed E-state index contributed by atoms with van der Waals surface area (Å²) >= 11 is 3.21. The van der Waals surface area contributed by atoms with Crippen LogP contribution in [-0.2, 0) is 10.7 Å². The third-order valence-electron chi connectivity index (χ3n) is 4.83. The van der Waals surface area contributed by atoms with E-state index in [9.17, 15) is 13.6 Å². The number of amides is 1. The summed E-state index contributed by atoms with van der Waals surface area (Å²) in [5.41, 5.74) is 6.54. The predicted octanol–water partition coefficient (Wildman–Crippen LogP) is 4.05. The lowest BCUT2D eigenvalue weighted by Gasteiger charge is -2.43. The SMILES string of the molecule is NC1CC(=NC(=O)CC(F)(F)c2ccc(Br)cc2)C2CCC2C1. The highest BCUT2D eigenvalue weighted by molar-refractivity contribution is 9.10. The molecule has 0 saturated heterocycles. The van der Waals surface area contributed by atoms with Crippen molar-refractivity contribution in [1.82, 2.24) is 0 Å². The van der Waals surface area contributed by atoms with E-state index < -0.39 is 18.3 Å². The second-order valence-electron chi connectivity index (χ2n) is 6.53. The number of carbonyl (C=O) groups is 1. The molecule has 6 heteroatoms. The lowest BCUT2D eigenvalue weighted by atomic mass is 9.63. The van der Waals surface area contributed by atoms with Crippen LogP contribution in [0.15, 0.2) is 33.7 Å². The Morgan fingerprint density at radius 2 is 2.00 bits per heavy atom. The van der Waals surface area contributed by atoms with Crippen LogP contribution < -0.4 is 5.73 Å². The van der Waals surface area contributed by atoms with Gasteiger partial charge in [0.1, 0.15) is 0 Å². The molecular formula is C17H19BrF2N2O. The lowest BCUT2D eigenvalue weighted by molar-refractivity contribution is -0.125. The van der Waals surface area contributed by atoms with Crippen molar-refractivity contribution in [2.45, 2.75) is 44.1 Å². The standard InChI is InChI=1S/C17H19BrF2N2O/c18-12-4-2-11(3-5-12)17(19,20)9-16(23)22-15-8-13(21)7-10-1-6-14(10)15/h2-5,10,13-14H,1,6-9,21H2. The van der Waals surface area contributed by atoms with Gasteiger partial charge in [-0.2, -0.15) is 0 Å². The number of halogens is 3. The van der Waals surface area contributed by atoms with E-state index in [1.165, 1.54) is 12.1 Å². The van der Waals surface area contributed by atoms with E-state index in [1.54, 1.807) is 12.1 Å². The Kier molecular flexibility index (Phi) is 4.65. The van der Waals surface area contributed by atoms with Gasteiger partial charge in [0, 0.05) is 34.1 Å². The van der Waals surface area contributed by atoms with Crippen molar-refractivity contribution in [2.24, 2.45) is 22.6 Å². The van der Waals surface area contributed by atoms with Crippen LogP contribution in [-0.4, -0.2) is 17.7 Å². The molecule has 1 aromatic rings. The summed E-state index contributed by atoms with van der Waals surface area (Å²) < 4.78 is 29.2. The van der Waals surface area contributed by atoms with Gasteiger partial charge in [-0.1, -0.05) is 28.1 Å². The minimum absolute atomic E-state index is 0.00455. The zero-order valence-corrected chi connectivity index (χ0v) is 14.2. The summed E-state index contributed by atoms with van der Waals surface area (Å²) in [5.74, 6) is -3.21. The van der Waals surface area contributed by atoms with Gasteiger partial charge in [-0.05, 0) is 37.3 Å². The zero-order chi connectivity index (χ0) is 16.6. The molecule has 0 radical (unpaired) electrons. The zero-order valence-electron chi connectivity index (χ0n) is 12.6. The molecule has 3 rings (SSSR count). The molecule has 3 atom stereocenters. The molecule has 1 aromatic carbocycles. The number of fused-ring (bicyclic) bond motifs is 1. The van der Waals surface area contributed by atoms with Gasteiger partial charge in [-0.3, -0.25) is 4.79 Å². The lowest BCUT2D eigenvalue weighted by Crippen LogP contribution is -2.45. The van der Waals surface area contributed by atoms with Gasteiger partial charge in [0.25, 0.3) is 11.8 Å². The number of hydrogen-bond donors (Lipinski definition) is 1. The average Bonchev–Trinajstić information content (AvgIpc) is 2.42. The highest BCUT2D eigenvalue weighted by Gasteiger charge is 2.41. The summed E-state index contributed by atoms with van der Waals surface area (Å²) in [4.78, 5) is 16.0. The second kappa shape index (κ2) is 6.40. The Balaban J connectivity index is 1.70. The molecule has 23 heavy (non-hydrogen) atoms. The fourth-order valence-corrected chi connectivity index (χ4v) is 3.76. The first kappa shape index (κ1) is 16.7. The van der Waals surface area contributed by atoms with Gasteiger partial charge >= 0.3 is 0 Å². The number of aliphatic imine (C=N–C) groups is 1. The van der Waals surface area contributed by atoms with Gasteiger partial charge in [0.05, 0.1) is 6.42 Å². The van der Waals surface area contributed by atoms with Crippen LogP contribution >= 0.6 is 15.9 Å². The highest BCUT2D eigenvalue weighted by Crippen LogP contribution is 2.43. The van der Waals surface area contributed by atoms with Gasteiger partial charge in [0.15, 0.2) is 0 Å². The Morgan fingerprint density at radius 3 is 2.61 bits per heavy atom. The molecule has 2 saturated carbocycles. The number of hydrogen-bond acceptors (Lipinski definition) is 2. The quantitative estimate of drug-likeness (QED) is 0.854. The van der Waals surface area contributed by atoms with Gasteiger partial charge in [-0.15, -0.1) is 0 Å². The first-order valence-corrected chi connectivity index (χ1v) is 8.64. The molecule has 1 amide bonds. The maximum absolute atomic E-state index is 14.2. The summed E-state index contributed by atoms with van der Waals surface area (Å²) in [6, 6.07) is 5.72. The number of rotatable bonds is 3. The maximum atomic E-state index is 14.2. The molecule has 0 heterocycles. The van der Waals surface area contributed by atoms with E-state index in [-0.39, 0.29) is 17.5 Å². The molecule has 0 aliphatic heterocycles. The summed E-state index contributed by atoms with van der Waals surface area (Å²) in [5, 5.41) is 0. The van der Waals surface area contributed by atoms with E-state index in [2.05, 4.69) is 20.9 Å². The fourth-order valence-electron chi connectivity index (χ4n) is 3.50. The number of carbonyl (C=O) groups excluding carboxylic acids is 1. The van der Waals surface area contributed by atoms with Crippen LogP contribution in [0.25, 0.3) is 0 Å². The normalized spacial score (nSPS) is 29.0. The molecule has 3 unspecified atom stereocenters. The molecule has 0 aromatic heterocycles. The van der Waals surface area contributed by atoms with Crippen LogP contribution in [0.4, 0.5) is 8.78 Å². The number of alkyl halides is 2. The molecule has 0 bridgehead atoms. The minimum atomic E-state index is -3.21. The monoisotopic (exact) mass is 384 g/mol. The molecule has 2 N–H and O–H groups in total. The number of nitrogens with two attached hydrogens (primary N) is 1. The summed E-state index contributed by atoms with van der Waals surface area (Å²) in [6.45, 7) is 0. The van der Waals surface area contributed by atoms with E-state index in [0.29, 0.717) is 12.3 Å². The maximum Gasteiger partial charge on any atom is 0.282 e. The second-order valence-corrected chi connectivity index (χ2v) is 7.44. The predicted molar refractivity (Wildman–Crippen MR) is 88.5 cm³/mol. The van der Waals surface area contributed by atoms with Crippen LogP contribution in [0.3, 0.4) is 0 Å². The fraction of sp³-hybridized carbons (Fsp3) is 0.529. The smallest absolute Gasteiger partial charge is 0.282 e. The minimum Gasteiger partial charge on any atom is -0.327 e. The summed E-state index contributed by atoms with van der Waals surface area (Å²) in [7, 11) is 0. The molecule has 124 valence electrons. The van der Waals surface area contributed by atoms with Crippen molar-refractivity contribution in [1.29, 1.82) is 0 Å². The van der Waals surface area contributed by atoms with E-state index in [1.807, 2.05) is 0 Å². The van der Waals surface area contributed by atoms with Crippen molar-refractivity contribution >= 4 is 27.5 Å². The van der Waals surface area contributed by atoms with Crippen molar-refractivity contribution in [3.63, 3.8) is 0 Å². The van der Waals surface area contributed by atoms with Crippen molar-refractivity contribution in [3.8, 4) is 0 Å². The van der Waals surface area contributed by atoms with Crippen LogP contribution in [0.2, 0.25) is 0 Å². The van der Waals surface area contributed by atoms with Crippen molar-refractivity contribution < 1.29 is 13.6 Å². The first-order chi connectivity index (χ1) is 10.8. The molecule has 3 nitrogen and oxygen atoms in total. The van der Waals surface area contributed by atoms with Crippen molar-refractivity contribution in [2.75, 3.05) is 0 Å². The van der Waals surface area contributed by atoms with Gasteiger partial charge in [0.2, 0.25) is 0 Å². The van der Waals surface area contributed by atoms with Crippen LogP contribution in [0.1, 0.15) is 37.7 Å². The molecule has 2 aliphatic rings. The Labute approximate surface area is 142 Å². The Morgan fingerprint density at radius 1 is 1.30 bits per heavy atom. The molecule has 0 spiro atoms. The highest BCUT2D eigenvalue weighted by atomic mass is 79.9. The van der Waals surface area contributed by atoms with E-state index in [0.717, 1.165) is 29.4 Å².